The van der Waals surface area contributed by atoms with Crippen molar-refractivity contribution in [3.05, 3.63) is 30.3 Å². The standard InChI is InChI=1S/C15H23NS/c1-2-16(14-8-4-3-5-9-14)12-15(13-17)10-6-7-11-15/h3-5,8-9,17H,2,6-7,10-13H2,1H3. The summed E-state index contributed by atoms with van der Waals surface area (Å²) in [6, 6.07) is 10.8. The van der Waals surface area contributed by atoms with Gasteiger partial charge in [0.1, 0.15) is 0 Å². The molecule has 0 bridgehead atoms. The molecule has 0 heterocycles. The van der Waals surface area contributed by atoms with E-state index in [1.165, 1.54) is 31.4 Å². The van der Waals surface area contributed by atoms with Gasteiger partial charge in [-0.15, -0.1) is 0 Å². The highest BCUT2D eigenvalue weighted by atomic mass is 32.1. The average Bonchev–Trinajstić information content (AvgIpc) is 2.86. The van der Waals surface area contributed by atoms with Crippen molar-refractivity contribution in [2.75, 3.05) is 23.7 Å². The van der Waals surface area contributed by atoms with E-state index in [4.69, 9.17) is 0 Å². The summed E-state index contributed by atoms with van der Waals surface area (Å²) in [4.78, 5) is 2.50. The van der Waals surface area contributed by atoms with Crippen LogP contribution in [-0.4, -0.2) is 18.8 Å². The van der Waals surface area contributed by atoms with Gasteiger partial charge in [0, 0.05) is 18.8 Å². The van der Waals surface area contributed by atoms with E-state index in [2.05, 4.69) is 54.8 Å². The summed E-state index contributed by atoms with van der Waals surface area (Å²) in [6.45, 7) is 4.49. The largest absolute Gasteiger partial charge is 0.371 e. The first-order chi connectivity index (χ1) is 8.29. The van der Waals surface area contributed by atoms with Crippen molar-refractivity contribution in [1.82, 2.24) is 0 Å². The summed E-state index contributed by atoms with van der Waals surface area (Å²) in [5.41, 5.74) is 1.80. The molecule has 1 aromatic carbocycles. The van der Waals surface area contributed by atoms with Crippen molar-refractivity contribution in [3.63, 3.8) is 0 Å². The van der Waals surface area contributed by atoms with Crippen LogP contribution in [0, 0.1) is 5.41 Å². The fourth-order valence-corrected chi connectivity index (χ4v) is 3.34. The van der Waals surface area contributed by atoms with Gasteiger partial charge in [-0.05, 0) is 43.1 Å². The summed E-state index contributed by atoms with van der Waals surface area (Å²) >= 11 is 4.60. The van der Waals surface area contributed by atoms with Crippen molar-refractivity contribution >= 4 is 18.3 Å². The highest BCUT2D eigenvalue weighted by molar-refractivity contribution is 7.80. The molecule has 17 heavy (non-hydrogen) atoms. The number of hydrogen-bond donors (Lipinski definition) is 1. The van der Waals surface area contributed by atoms with Crippen LogP contribution in [0.15, 0.2) is 30.3 Å². The molecule has 0 atom stereocenters. The third-order valence-electron chi connectivity index (χ3n) is 4.03. The van der Waals surface area contributed by atoms with Crippen LogP contribution >= 0.6 is 12.6 Å². The zero-order valence-corrected chi connectivity index (χ0v) is 11.6. The highest BCUT2D eigenvalue weighted by Gasteiger charge is 2.34. The summed E-state index contributed by atoms with van der Waals surface area (Å²) in [5.74, 6) is 1.02. The molecule has 1 aromatic rings. The number of hydrogen-bond acceptors (Lipinski definition) is 2. The fourth-order valence-electron chi connectivity index (χ4n) is 2.92. The van der Waals surface area contributed by atoms with Gasteiger partial charge in [0.05, 0.1) is 0 Å². The zero-order valence-electron chi connectivity index (χ0n) is 10.7. The van der Waals surface area contributed by atoms with Crippen molar-refractivity contribution in [1.29, 1.82) is 0 Å². The van der Waals surface area contributed by atoms with Gasteiger partial charge in [-0.2, -0.15) is 12.6 Å². The molecule has 2 heteroatoms. The van der Waals surface area contributed by atoms with E-state index >= 15 is 0 Å². The number of para-hydroxylation sites is 1. The van der Waals surface area contributed by atoms with Crippen molar-refractivity contribution < 1.29 is 0 Å². The molecule has 0 spiro atoms. The van der Waals surface area contributed by atoms with Crippen LogP contribution in [0.5, 0.6) is 0 Å². The van der Waals surface area contributed by atoms with Gasteiger partial charge in [-0.1, -0.05) is 31.0 Å². The van der Waals surface area contributed by atoms with Crippen LogP contribution in [0.3, 0.4) is 0 Å². The minimum absolute atomic E-state index is 0.453. The molecule has 0 amide bonds. The molecule has 1 saturated carbocycles. The van der Waals surface area contributed by atoms with Crippen LogP contribution in [-0.2, 0) is 0 Å². The summed E-state index contributed by atoms with van der Waals surface area (Å²) in [6.07, 6.45) is 5.46. The minimum atomic E-state index is 0.453. The SMILES string of the molecule is CCN(CC1(CS)CCCC1)c1ccccc1. The van der Waals surface area contributed by atoms with Crippen molar-refractivity contribution in [2.45, 2.75) is 32.6 Å². The van der Waals surface area contributed by atoms with Gasteiger partial charge in [-0.3, -0.25) is 0 Å². The van der Waals surface area contributed by atoms with Crippen LogP contribution < -0.4 is 4.90 Å². The summed E-state index contributed by atoms with van der Waals surface area (Å²) in [5, 5.41) is 0. The quantitative estimate of drug-likeness (QED) is 0.772. The Hall–Kier alpha value is -0.630. The lowest BCUT2D eigenvalue weighted by Gasteiger charge is -2.35. The van der Waals surface area contributed by atoms with E-state index < -0.39 is 0 Å². The van der Waals surface area contributed by atoms with Crippen molar-refractivity contribution in [3.8, 4) is 0 Å². The van der Waals surface area contributed by atoms with Crippen LogP contribution in [0.4, 0.5) is 5.69 Å². The molecule has 1 fully saturated rings. The fraction of sp³-hybridized carbons (Fsp3) is 0.600. The Morgan fingerprint density at radius 3 is 2.35 bits per heavy atom. The second-order valence-corrected chi connectivity index (χ2v) is 5.53. The van der Waals surface area contributed by atoms with Gasteiger partial charge in [0.15, 0.2) is 0 Å². The Labute approximate surface area is 111 Å². The number of anilines is 1. The van der Waals surface area contributed by atoms with Gasteiger partial charge < -0.3 is 4.90 Å². The Morgan fingerprint density at radius 1 is 1.18 bits per heavy atom. The first-order valence-corrected chi connectivity index (χ1v) is 7.34. The van der Waals surface area contributed by atoms with E-state index in [1.54, 1.807) is 0 Å². The Balaban J connectivity index is 2.09. The normalized spacial score (nSPS) is 18.2. The average molecular weight is 249 g/mol. The predicted octanol–water partition coefficient (Wildman–Crippen LogP) is 4.00. The molecule has 0 radical (unpaired) electrons. The van der Waals surface area contributed by atoms with E-state index in [0.717, 1.165) is 18.8 Å². The maximum absolute atomic E-state index is 4.60. The van der Waals surface area contributed by atoms with E-state index in [0.29, 0.717) is 5.41 Å². The molecule has 0 unspecified atom stereocenters. The van der Waals surface area contributed by atoms with Gasteiger partial charge >= 0.3 is 0 Å². The minimum Gasteiger partial charge on any atom is -0.371 e. The van der Waals surface area contributed by atoms with Gasteiger partial charge in [0.25, 0.3) is 0 Å². The number of rotatable bonds is 5. The molecule has 1 aliphatic rings. The number of benzene rings is 1. The molecule has 1 nitrogen and oxygen atoms in total. The predicted molar refractivity (Wildman–Crippen MR) is 79.1 cm³/mol. The molecule has 0 aromatic heterocycles. The summed E-state index contributed by atoms with van der Waals surface area (Å²) < 4.78 is 0. The maximum Gasteiger partial charge on any atom is 0.0366 e. The zero-order chi connectivity index (χ0) is 12.1. The maximum atomic E-state index is 4.60. The molecule has 1 aliphatic carbocycles. The molecule has 0 N–H and O–H groups in total. The van der Waals surface area contributed by atoms with E-state index in [9.17, 15) is 0 Å². The Bertz CT molecular complexity index is 330. The number of thiol groups is 1. The van der Waals surface area contributed by atoms with Crippen LogP contribution in [0.1, 0.15) is 32.6 Å². The molecule has 94 valence electrons. The molecular weight excluding hydrogens is 226 g/mol. The van der Waals surface area contributed by atoms with E-state index in [-0.39, 0.29) is 0 Å². The lowest BCUT2D eigenvalue weighted by atomic mass is 9.87. The molecular formula is C15H23NS. The van der Waals surface area contributed by atoms with Crippen LogP contribution in [0.2, 0.25) is 0 Å². The Kier molecular flexibility index (Phi) is 4.38. The van der Waals surface area contributed by atoms with Gasteiger partial charge in [-0.25, -0.2) is 0 Å². The molecule has 0 saturated heterocycles. The third kappa shape index (κ3) is 2.98. The lowest BCUT2D eigenvalue weighted by molar-refractivity contribution is 0.349. The first-order valence-electron chi connectivity index (χ1n) is 6.70. The first kappa shape index (κ1) is 12.8. The van der Waals surface area contributed by atoms with E-state index in [1.807, 2.05) is 0 Å². The second-order valence-electron chi connectivity index (χ2n) is 5.21. The topological polar surface area (TPSA) is 3.24 Å². The lowest BCUT2D eigenvalue weighted by Crippen LogP contribution is -2.37. The number of nitrogens with zero attached hydrogens (tertiary/aromatic N) is 1. The van der Waals surface area contributed by atoms with Crippen molar-refractivity contribution in [2.24, 2.45) is 5.41 Å². The smallest absolute Gasteiger partial charge is 0.0366 e. The summed E-state index contributed by atoms with van der Waals surface area (Å²) in [7, 11) is 0. The monoisotopic (exact) mass is 249 g/mol. The highest BCUT2D eigenvalue weighted by Crippen LogP contribution is 2.40. The van der Waals surface area contributed by atoms with Gasteiger partial charge in [0.2, 0.25) is 0 Å². The molecule has 2 rings (SSSR count). The Morgan fingerprint density at radius 2 is 1.82 bits per heavy atom. The second kappa shape index (κ2) is 5.81. The molecule has 0 aliphatic heterocycles. The van der Waals surface area contributed by atoms with Crippen LogP contribution in [0.25, 0.3) is 0 Å². The third-order valence-corrected chi connectivity index (χ3v) is 4.70.